The second-order valence-corrected chi connectivity index (χ2v) is 5.40. The predicted molar refractivity (Wildman–Crippen MR) is 70.7 cm³/mol. The maximum Gasteiger partial charge on any atom is 0.0396 e. The molecule has 0 saturated heterocycles. The molecule has 0 amide bonds. The minimum absolute atomic E-state index is 0.0394. The lowest BCUT2D eigenvalue weighted by Crippen LogP contribution is -2.32. The van der Waals surface area contributed by atoms with Crippen molar-refractivity contribution < 1.29 is 0 Å². The van der Waals surface area contributed by atoms with Crippen LogP contribution in [0.4, 0.5) is 0 Å². The van der Waals surface area contributed by atoms with Gasteiger partial charge in [-0.2, -0.15) is 11.3 Å². The Morgan fingerprint density at radius 1 is 1.12 bits per heavy atom. The van der Waals surface area contributed by atoms with Crippen LogP contribution in [-0.2, 0) is 5.41 Å². The van der Waals surface area contributed by atoms with Crippen LogP contribution in [0.25, 0.3) is 0 Å². The Hall–Kier alpha value is -1.12. The van der Waals surface area contributed by atoms with E-state index in [1.165, 1.54) is 11.1 Å². The van der Waals surface area contributed by atoms with Crippen molar-refractivity contribution in [2.75, 3.05) is 0 Å². The van der Waals surface area contributed by atoms with Crippen LogP contribution in [0.5, 0.6) is 0 Å². The van der Waals surface area contributed by atoms with Gasteiger partial charge < -0.3 is 5.73 Å². The van der Waals surface area contributed by atoms with Gasteiger partial charge in [0.1, 0.15) is 0 Å². The third kappa shape index (κ3) is 2.04. The largest absolute Gasteiger partial charge is 0.323 e. The Labute approximate surface area is 101 Å². The lowest BCUT2D eigenvalue weighted by atomic mass is 9.76. The van der Waals surface area contributed by atoms with E-state index in [0.29, 0.717) is 0 Å². The predicted octanol–water partition coefficient (Wildman–Crippen LogP) is 3.73. The highest BCUT2D eigenvalue weighted by molar-refractivity contribution is 7.07. The lowest BCUT2D eigenvalue weighted by Gasteiger charge is -2.32. The average molecular weight is 231 g/mol. The van der Waals surface area contributed by atoms with Crippen molar-refractivity contribution >= 4 is 11.3 Å². The van der Waals surface area contributed by atoms with Crippen molar-refractivity contribution in [3.8, 4) is 0 Å². The molecule has 0 spiro atoms. The summed E-state index contributed by atoms with van der Waals surface area (Å²) in [5.41, 5.74) is 8.82. The van der Waals surface area contributed by atoms with E-state index in [0.717, 1.165) is 0 Å². The molecule has 0 aliphatic heterocycles. The number of benzene rings is 1. The molecule has 0 bridgehead atoms. The quantitative estimate of drug-likeness (QED) is 0.856. The summed E-state index contributed by atoms with van der Waals surface area (Å²) in [5, 5.41) is 4.21. The molecular formula is C14H17NS. The van der Waals surface area contributed by atoms with Gasteiger partial charge in [-0.15, -0.1) is 0 Å². The molecule has 0 saturated carbocycles. The van der Waals surface area contributed by atoms with Crippen LogP contribution in [0.1, 0.15) is 31.0 Å². The van der Waals surface area contributed by atoms with Gasteiger partial charge in [0.2, 0.25) is 0 Å². The van der Waals surface area contributed by atoms with E-state index in [1.807, 2.05) is 6.07 Å². The number of thiophene rings is 1. The summed E-state index contributed by atoms with van der Waals surface area (Å²) in [7, 11) is 0. The van der Waals surface area contributed by atoms with Gasteiger partial charge in [-0.1, -0.05) is 44.2 Å². The molecule has 0 radical (unpaired) electrons. The van der Waals surface area contributed by atoms with Crippen molar-refractivity contribution in [1.82, 2.24) is 0 Å². The highest BCUT2D eigenvalue weighted by atomic mass is 32.1. The molecule has 2 N–H and O–H groups in total. The van der Waals surface area contributed by atoms with E-state index in [1.54, 1.807) is 11.3 Å². The first-order valence-electron chi connectivity index (χ1n) is 5.45. The summed E-state index contributed by atoms with van der Waals surface area (Å²) in [6, 6.07) is 12.6. The zero-order valence-corrected chi connectivity index (χ0v) is 10.5. The van der Waals surface area contributed by atoms with Crippen LogP contribution in [0.15, 0.2) is 47.2 Å². The molecule has 0 aliphatic rings. The van der Waals surface area contributed by atoms with Gasteiger partial charge >= 0.3 is 0 Å². The summed E-state index contributed by atoms with van der Waals surface area (Å²) in [6.07, 6.45) is 0. The molecule has 1 atom stereocenters. The Bertz CT molecular complexity index is 431. The minimum atomic E-state index is -0.0394. The molecule has 2 heteroatoms. The van der Waals surface area contributed by atoms with E-state index < -0.39 is 0 Å². The molecule has 1 aromatic heterocycles. The van der Waals surface area contributed by atoms with Gasteiger partial charge in [-0.05, 0) is 28.0 Å². The first kappa shape index (κ1) is 11.4. The maximum atomic E-state index is 6.36. The standard InChI is InChI=1S/C14H17NS/c1-14(2,12-6-4-3-5-7-12)13(15)11-8-9-16-10-11/h3-10,13H,15H2,1-2H3. The average Bonchev–Trinajstić information content (AvgIpc) is 2.82. The molecule has 0 aliphatic carbocycles. The number of rotatable bonds is 3. The van der Waals surface area contributed by atoms with Crippen molar-refractivity contribution in [2.45, 2.75) is 25.3 Å². The third-order valence-corrected chi connectivity index (χ3v) is 3.90. The molecule has 1 aromatic carbocycles. The highest BCUT2D eigenvalue weighted by Crippen LogP contribution is 2.35. The van der Waals surface area contributed by atoms with Crippen molar-refractivity contribution in [1.29, 1.82) is 0 Å². The SMILES string of the molecule is CC(C)(c1ccccc1)C(N)c1ccsc1. The number of hydrogen-bond acceptors (Lipinski definition) is 2. The summed E-state index contributed by atoms with van der Waals surface area (Å²) in [6.45, 7) is 4.40. The second-order valence-electron chi connectivity index (χ2n) is 4.62. The molecule has 84 valence electrons. The monoisotopic (exact) mass is 231 g/mol. The van der Waals surface area contributed by atoms with Gasteiger partial charge in [0.05, 0.1) is 0 Å². The summed E-state index contributed by atoms with van der Waals surface area (Å²) < 4.78 is 0. The molecule has 1 nitrogen and oxygen atoms in total. The van der Waals surface area contributed by atoms with E-state index in [4.69, 9.17) is 5.73 Å². The smallest absolute Gasteiger partial charge is 0.0396 e. The molecule has 0 fully saturated rings. The second kappa shape index (κ2) is 4.40. The normalized spacial score (nSPS) is 13.7. The maximum absolute atomic E-state index is 6.36. The molecule has 2 aromatic rings. The zero-order chi connectivity index (χ0) is 11.6. The van der Waals surface area contributed by atoms with Crippen LogP contribution in [0, 0.1) is 0 Å². The van der Waals surface area contributed by atoms with Crippen LogP contribution in [-0.4, -0.2) is 0 Å². The number of nitrogens with two attached hydrogens (primary N) is 1. The van der Waals surface area contributed by atoms with E-state index in [9.17, 15) is 0 Å². The Kier molecular flexibility index (Phi) is 3.13. The van der Waals surface area contributed by atoms with Gasteiger partial charge in [-0.25, -0.2) is 0 Å². The minimum Gasteiger partial charge on any atom is -0.323 e. The first-order valence-corrected chi connectivity index (χ1v) is 6.40. The van der Waals surface area contributed by atoms with Crippen LogP contribution < -0.4 is 5.73 Å². The summed E-state index contributed by atoms with van der Waals surface area (Å²) in [5.74, 6) is 0. The molecular weight excluding hydrogens is 214 g/mol. The van der Waals surface area contributed by atoms with Crippen molar-refractivity contribution in [3.63, 3.8) is 0 Å². The summed E-state index contributed by atoms with van der Waals surface area (Å²) in [4.78, 5) is 0. The van der Waals surface area contributed by atoms with Gasteiger partial charge in [-0.3, -0.25) is 0 Å². The van der Waals surface area contributed by atoms with Gasteiger partial charge in [0, 0.05) is 11.5 Å². The zero-order valence-electron chi connectivity index (χ0n) is 9.68. The van der Waals surface area contributed by atoms with Crippen LogP contribution in [0.2, 0.25) is 0 Å². The molecule has 2 rings (SSSR count). The lowest BCUT2D eigenvalue weighted by molar-refractivity contribution is 0.421. The van der Waals surface area contributed by atoms with Crippen LogP contribution >= 0.6 is 11.3 Å². The van der Waals surface area contributed by atoms with Crippen LogP contribution in [0.3, 0.4) is 0 Å². The molecule has 16 heavy (non-hydrogen) atoms. The van der Waals surface area contributed by atoms with Gasteiger partial charge in [0.15, 0.2) is 0 Å². The highest BCUT2D eigenvalue weighted by Gasteiger charge is 2.29. The Balaban J connectivity index is 2.32. The Morgan fingerprint density at radius 2 is 1.81 bits per heavy atom. The Morgan fingerprint density at radius 3 is 2.38 bits per heavy atom. The molecule has 1 unspecified atom stereocenters. The fourth-order valence-electron chi connectivity index (χ4n) is 1.92. The topological polar surface area (TPSA) is 26.0 Å². The van der Waals surface area contributed by atoms with Crippen molar-refractivity contribution in [3.05, 3.63) is 58.3 Å². The van der Waals surface area contributed by atoms with E-state index >= 15 is 0 Å². The fourth-order valence-corrected chi connectivity index (χ4v) is 2.61. The van der Waals surface area contributed by atoms with Gasteiger partial charge in [0.25, 0.3) is 0 Å². The summed E-state index contributed by atoms with van der Waals surface area (Å²) >= 11 is 1.70. The van der Waals surface area contributed by atoms with E-state index in [2.05, 4.69) is 54.9 Å². The first-order chi connectivity index (χ1) is 7.62. The number of hydrogen-bond donors (Lipinski definition) is 1. The third-order valence-electron chi connectivity index (χ3n) is 3.20. The van der Waals surface area contributed by atoms with E-state index in [-0.39, 0.29) is 11.5 Å². The molecule has 1 heterocycles. The van der Waals surface area contributed by atoms with Crippen molar-refractivity contribution in [2.24, 2.45) is 5.73 Å². The fraction of sp³-hybridized carbons (Fsp3) is 0.286.